The summed E-state index contributed by atoms with van der Waals surface area (Å²) in [6, 6.07) is 15.7. The van der Waals surface area contributed by atoms with Crippen LogP contribution in [0.2, 0.25) is 0 Å². The van der Waals surface area contributed by atoms with E-state index in [-0.39, 0.29) is 11.9 Å². The fourth-order valence-corrected chi connectivity index (χ4v) is 4.17. The minimum Gasteiger partial charge on any atom is -0.306 e. The van der Waals surface area contributed by atoms with Gasteiger partial charge >= 0.3 is 0 Å². The van der Waals surface area contributed by atoms with Crippen LogP contribution in [0.1, 0.15) is 39.4 Å². The normalized spacial score (nSPS) is 22.2. The van der Waals surface area contributed by atoms with Crippen molar-refractivity contribution in [2.75, 3.05) is 25.0 Å². The first-order valence-corrected chi connectivity index (χ1v) is 8.71. The van der Waals surface area contributed by atoms with Gasteiger partial charge in [-0.15, -0.1) is 0 Å². The molecule has 4 heteroatoms. The molecule has 1 saturated heterocycles. The number of rotatable bonds is 1. The number of carbonyl (C=O) groups excluding carboxylic acids is 1. The van der Waals surface area contributed by atoms with Crippen LogP contribution in [-0.4, -0.2) is 37.0 Å². The molecule has 0 unspecified atom stereocenters. The topological polar surface area (TPSA) is 47.3 Å². The Morgan fingerprint density at radius 2 is 1.96 bits per heavy atom. The van der Waals surface area contributed by atoms with Gasteiger partial charge in [-0.05, 0) is 62.8 Å². The summed E-state index contributed by atoms with van der Waals surface area (Å²) < 4.78 is 0. The number of amides is 1. The number of carbonyl (C=O) groups is 1. The summed E-state index contributed by atoms with van der Waals surface area (Å²) in [7, 11) is 2.15. The number of hydrogen-bond donors (Lipinski definition) is 0. The van der Waals surface area contributed by atoms with Crippen LogP contribution in [0.5, 0.6) is 0 Å². The minimum absolute atomic E-state index is 0.0339. The van der Waals surface area contributed by atoms with Crippen molar-refractivity contribution in [2.24, 2.45) is 0 Å². The number of aryl methyl sites for hydroxylation is 1. The molecule has 2 atom stereocenters. The Labute approximate surface area is 148 Å². The Kier molecular flexibility index (Phi) is 3.82. The average Bonchev–Trinajstić information content (AvgIpc) is 2.94. The molecule has 2 heterocycles. The molecule has 126 valence electrons. The van der Waals surface area contributed by atoms with Gasteiger partial charge in [-0.3, -0.25) is 4.79 Å². The number of nitrogens with zero attached hydrogens (tertiary/aromatic N) is 3. The zero-order chi connectivity index (χ0) is 17.6. The zero-order valence-corrected chi connectivity index (χ0v) is 14.6. The highest BCUT2D eigenvalue weighted by Crippen LogP contribution is 2.45. The lowest BCUT2D eigenvalue weighted by molar-refractivity contribution is 0.0964. The quantitative estimate of drug-likeness (QED) is 0.805. The molecule has 4 nitrogen and oxygen atoms in total. The van der Waals surface area contributed by atoms with Crippen molar-refractivity contribution in [3.05, 3.63) is 64.7 Å². The van der Waals surface area contributed by atoms with Crippen molar-refractivity contribution in [3.8, 4) is 6.07 Å². The van der Waals surface area contributed by atoms with Gasteiger partial charge in [0, 0.05) is 29.8 Å². The number of nitriles is 1. The number of fused-ring (bicyclic) bond motifs is 3. The molecule has 2 aromatic rings. The lowest BCUT2D eigenvalue weighted by Crippen LogP contribution is -2.47. The number of likely N-dealkylation sites (N-methyl/N-ethyl adjacent to an activating group) is 1. The van der Waals surface area contributed by atoms with Gasteiger partial charge in [0.1, 0.15) is 0 Å². The Hall–Kier alpha value is -2.64. The predicted octanol–water partition coefficient (Wildman–Crippen LogP) is 3.31. The summed E-state index contributed by atoms with van der Waals surface area (Å²) in [5.41, 5.74) is 4.79. The second-order valence-electron chi connectivity index (χ2n) is 7.15. The lowest BCUT2D eigenvalue weighted by Gasteiger charge is -2.36. The van der Waals surface area contributed by atoms with E-state index in [2.05, 4.69) is 43.1 Å². The van der Waals surface area contributed by atoms with Gasteiger partial charge in [0.05, 0.1) is 11.6 Å². The van der Waals surface area contributed by atoms with Gasteiger partial charge in [-0.2, -0.15) is 5.26 Å². The summed E-state index contributed by atoms with van der Waals surface area (Å²) in [6.45, 7) is 4.09. The molecular weight excluding hydrogens is 310 g/mol. The Morgan fingerprint density at radius 1 is 1.20 bits per heavy atom. The molecule has 0 aliphatic carbocycles. The Morgan fingerprint density at radius 3 is 2.68 bits per heavy atom. The maximum absolute atomic E-state index is 13.3. The van der Waals surface area contributed by atoms with Crippen molar-refractivity contribution in [1.29, 1.82) is 5.26 Å². The minimum atomic E-state index is 0.0339. The van der Waals surface area contributed by atoms with Crippen LogP contribution < -0.4 is 4.90 Å². The third-order valence-electron chi connectivity index (χ3n) is 5.43. The van der Waals surface area contributed by atoms with Gasteiger partial charge < -0.3 is 9.80 Å². The third-order valence-corrected chi connectivity index (χ3v) is 5.43. The second-order valence-corrected chi connectivity index (χ2v) is 7.15. The molecule has 0 N–H and O–H groups in total. The molecule has 2 aliphatic rings. The monoisotopic (exact) mass is 331 g/mol. The van der Waals surface area contributed by atoms with E-state index >= 15 is 0 Å². The number of hydrogen-bond acceptors (Lipinski definition) is 3. The molecule has 1 fully saturated rings. The SMILES string of the molecule is Cc1ccc2c(c1)[C@H]1CN(C)CC[C@H]1N2C(=O)c1ccc(C#N)cc1. The molecule has 4 rings (SSSR count). The smallest absolute Gasteiger partial charge is 0.258 e. The van der Waals surface area contributed by atoms with Crippen LogP contribution >= 0.6 is 0 Å². The van der Waals surface area contributed by atoms with E-state index in [0.717, 1.165) is 25.2 Å². The molecule has 0 saturated carbocycles. The van der Waals surface area contributed by atoms with Crippen LogP contribution in [0, 0.1) is 18.3 Å². The van der Waals surface area contributed by atoms with Crippen molar-refractivity contribution < 1.29 is 4.79 Å². The van der Waals surface area contributed by atoms with Gasteiger partial charge in [0.25, 0.3) is 5.91 Å². The molecule has 0 bridgehead atoms. The maximum atomic E-state index is 13.3. The fraction of sp³-hybridized carbons (Fsp3) is 0.333. The van der Waals surface area contributed by atoms with Gasteiger partial charge in [0.15, 0.2) is 0 Å². The number of anilines is 1. The standard InChI is InChI=1S/C21H21N3O/c1-14-3-8-19-17(11-14)18-13-23(2)10-9-20(18)24(19)21(25)16-6-4-15(12-22)5-7-16/h3-8,11,18,20H,9-10,13H2,1-2H3/t18-,20-/m1/s1. The van der Waals surface area contributed by atoms with E-state index < -0.39 is 0 Å². The largest absolute Gasteiger partial charge is 0.306 e. The Bertz CT molecular complexity index is 866. The second kappa shape index (κ2) is 6.02. The number of likely N-dealkylation sites (tertiary alicyclic amines) is 1. The highest BCUT2D eigenvalue weighted by Gasteiger charge is 2.44. The highest BCUT2D eigenvalue weighted by molar-refractivity contribution is 6.08. The molecule has 2 aliphatic heterocycles. The zero-order valence-electron chi connectivity index (χ0n) is 14.6. The summed E-state index contributed by atoms with van der Waals surface area (Å²) in [5, 5.41) is 8.96. The van der Waals surface area contributed by atoms with Crippen molar-refractivity contribution >= 4 is 11.6 Å². The van der Waals surface area contributed by atoms with Crippen molar-refractivity contribution in [2.45, 2.75) is 25.3 Å². The van der Waals surface area contributed by atoms with E-state index in [4.69, 9.17) is 5.26 Å². The summed E-state index contributed by atoms with van der Waals surface area (Å²) in [6.07, 6.45) is 0.983. The molecular formula is C21H21N3O. The summed E-state index contributed by atoms with van der Waals surface area (Å²) >= 11 is 0. The van der Waals surface area contributed by atoms with Gasteiger partial charge in [-0.1, -0.05) is 17.7 Å². The first-order chi connectivity index (χ1) is 12.1. The van der Waals surface area contributed by atoms with E-state index in [1.807, 2.05) is 4.90 Å². The lowest BCUT2D eigenvalue weighted by atomic mass is 9.88. The first kappa shape index (κ1) is 15.9. The van der Waals surface area contributed by atoms with Gasteiger partial charge in [0.2, 0.25) is 0 Å². The van der Waals surface area contributed by atoms with Crippen LogP contribution in [-0.2, 0) is 0 Å². The fourth-order valence-electron chi connectivity index (χ4n) is 4.17. The number of benzene rings is 2. The first-order valence-electron chi connectivity index (χ1n) is 8.71. The predicted molar refractivity (Wildman–Crippen MR) is 97.8 cm³/mol. The molecule has 0 aromatic heterocycles. The highest BCUT2D eigenvalue weighted by atomic mass is 16.2. The summed E-state index contributed by atoms with van der Waals surface area (Å²) in [4.78, 5) is 17.6. The molecule has 0 radical (unpaired) electrons. The average molecular weight is 331 g/mol. The Balaban J connectivity index is 1.75. The van der Waals surface area contributed by atoms with Crippen molar-refractivity contribution in [1.82, 2.24) is 4.90 Å². The van der Waals surface area contributed by atoms with E-state index in [9.17, 15) is 4.79 Å². The van der Waals surface area contributed by atoms with Crippen LogP contribution in [0.4, 0.5) is 5.69 Å². The molecule has 2 aromatic carbocycles. The molecule has 1 amide bonds. The molecule has 25 heavy (non-hydrogen) atoms. The van der Waals surface area contributed by atoms with E-state index in [1.165, 1.54) is 11.1 Å². The van der Waals surface area contributed by atoms with Crippen molar-refractivity contribution in [3.63, 3.8) is 0 Å². The van der Waals surface area contributed by atoms with Crippen LogP contribution in [0.3, 0.4) is 0 Å². The number of piperidine rings is 1. The summed E-state index contributed by atoms with van der Waals surface area (Å²) in [5.74, 6) is 0.405. The van der Waals surface area contributed by atoms with E-state index in [1.54, 1.807) is 24.3 Å². The van der Waals surface area contributed by atoms with E-state index in [0.29, 0.717) is 17.0 Å². The maximum Gasteiger partial charge on any atom is 0.258 e. The third kappa shape index (κ3) is 2.61. The van der Waals surface area contributed by atoms with Gasteiger partial charge in [-0.25, -0.2) is 0 Å². The van der Waals surface area contributed by atoms with Crippen LogP contribution in [0.25, 0.3) is 0 Å². The molecule has 0 spiro atoms. The van der Waals surface area contributed by atoms with Crippen LogP contribution in [0.15, 0.2) is 42.5 Å².